The van der Waals surface area contributed by atoms with Crippen LogP contribution in [0.3, 0.4) is 0 Å². The number of aliphatic imine (C=N–C) groups is 1. The van der Waals surface area contributed by atoms with Crippen molar-refractivity contribution < 1.29 is 22.7 Å². The average Bonchev–Trinajstić information content (AvgIpc) is 2.44. The molecule has 4 nitrogen and oxygen atoms in total. The molecular formula is C10H7F3N2O2. The number of hydrogen-bond donors (Lipinski definition) is 1. The SMILES string of the molecule is NC1=CC2=NC(C=C1)C(C(F)(F)F)=CC(=O)O2. The predicted octanol–water partition coefficient (Wildman–Crippen LogP) is 1.21. The van der Waals surface area contributed by atoms with E-state index >= 15 is 0 Å². The van der Waals surface area contributed by atoms with Crippen LogP contribution in [-0.4, -0.2) is 24.1 Å². The van der Waals surface area contributed by atoms with Crippen molar-refractivity contribution in [2.45, 2.75) is 12.2 Å². The molecule has 17 heavy (non-hydrogen) atoms. The molecule has 1 atom stereocenters. The van der Waals surface area contributed by atoms with Crippen molar-refractivity contribution in [3.63, 3.8) is 0 Å². The Kier molecular flexibility index (Phi) is 2.53. The van der Waals surface area contributed by atoms with E-state index in [0.29, 0.717) is 6.08 Å². The molecule has 0 radical (unpaired) electrons. The molecule has 90 valence electrons. The van der Waals surface area contributed by atoms with Gasteiger partial charge in [-0.1, -0.05) is 6.08 Å². The first-order valence-electron chi connectivity index (χ1n) is 4.60. The van der Waals surface area contributed by atoms with E-state index in [0.717, 1.165) is 0 Å². The van der Waals surface area contributed by atoms with Crippen LogP contribution >= 0.6 is 0 Å². The van der Waals surface area contributed by atoms with E-state index in [4.69, 9.17) is 5.73 Å². The fourth-order valence-electron chi connectivity index (χ4n) is 1.43. The van der Waals surface area contributed by atoms with Crippen LogP contribution in [0.25, 0.3) is 0 Å². The lowest BCUT2D eigenvalue weighted by molar-refractivity contribution is -0.131. The van der Waals surface area contributed by atoms with Gasteiger partial charge in [0.25, 0.3) is 0 Å². The lowest BCUT2D eigenvalue weighted by atomic mass is 10.1. The van der Waals surface area contributed by atoms with Gasteiger partial charge in [-0.05, 0) is 6.08 Å². The molecule has 0 saturated heterocycles. The highest BCUT2D eigenvalue weighted by atomic mass is 19.4. The Bertz CT molecular complexity index is 486. The van der Waals surface area contributed by atoms with Gasteiger partial charge in [-0.25, -0.2) is 9.79 Å². The van der Waals surface area contributed by atoms with E-state index in [1.165, 1.54) is 18.2 Å². The summed E-state index contributed by atoms with van der Waals surface area (Å²) in [5.74, 6) is -1.34. The number of carbonyl (C=O) groups excluding carboxylic acids is 1. The minimum absolute atomic E-state index is 0.169. The molecule has 0 aromatic rings. The molecule has 2 heterocycles. The molecule has 1 unspecified atom stereocenters. The number of halogens is 3. The van der Waals surface area contributed by atoms with E-state index in [-0.39, 0.29) is 11.6 Å². The van der Waals surface area contributed by atoms with Gasteiger partial charge in [0.05, 0.1) is 5.57 Å². The summed E-state index contributed by atoms with van der Waals surface area (Å²) < 4.78 is 42.7. The lowest BCUT2D eigenvalue weighted by Crippen LogP contribution is -2.22. The van der Waals surface area contributed by atoms with Crippen molar-refractivity contribution in [1.82, 2.24) is 0 Å². The normalized spacial score (nSPS) is 24.1. The largest absolute Gasteiger partial charge is 0.415 e. The van der Waals surface area contributed by atoms with Crippen molar-refractivity contribution in [1.29, 1.82) is 0 Å². The van der Waals surface area contributed by atoms with Gasteiger partial charge in [0.15, 0.2) is 0 Å². The van der Waals surface area contributed by atoms with E-state index in [9.17, 15) is 18.0 Å². The third-order valence-electron chi connectivity index (χ3n) is 2.15. The van der Waals surface area contributed by atoms with Crippen molar-refractivity contribution in [2.75, 3.05) is 0 Å². The number of alkyl halides is 3. The number of nitrogens with zero attached hydrogens (tertiary/aromatic N) is 1. The summed E-state index contributed by atoms with van der Waals surface area (Å²) in [6.45, 7) is 0. The summed E-state index contributed by atoms with van der Waals surface area (Å²) in [5.41, 5.74) is 4.54. The van der Waals surface area contributed by atoms with Gasteiger partial charge >= 0.3 is 12.1 Å². The Morgan fingerprint density at radius 2 is 2.06 bits per heavy atom. The Hall–Kier alpha value is -2.05. The smallest absolute Gasteiger partial charge is 0.405 e. The molecule has 0 fully saturated rings. The van der Waals surface area contributed by atoms with E-state index in [1.54, 1.807) is 0 Å². The quantitative estimate of drug-likeness (QED) is 0.651. The van der Waals surface area contributed by atoms with Crippen LogP contribution in [0.1, 0.15) is 0 Å². The number of fused-ring (bicyclic) bond motifs is 1. The summed E-state index contributed by atoms with van der Waals surface area (Å²) in [6.07, 6.45) is -0.589. The number of nitrogens with two attached hydrogens (primary N) is 1. The van der Waals surface area contributed by atoms with Crippen LogP contribution in [0.5, 0.6) is 0 Å². The fourth-order valence-corrected chi connectivity index (χ4v) is 1.43. The maximum absolute atomic E-state index is 12.7. The molecule has 0 aromatic heterocycles. The number of carbonyl (C=O) groups is 1. The number of ether oxygens (including phenoxy) is 1. The number of hydrogen-bond acceptors (Lipinski definition) is 4. The Labute approximate surface area is 94.0 Å². The lowest BCUT2D eigenvalue weighted by Gasteiger charge is -2.13. The second-order valence-corrected chi connectivity index (χ2v) is 3.43. The molecule has 0 amide bonds. The van der Waals surface area contributed by atoms with E-state index in [1.807, 2.05) is 0 Å². The monoisotopic (exact) mass is 244 g/mol. The summed E-state index contributed by atoms with van der Waals surface area (Å²) in [6, 6.07) is -1.31. The molecule has 0 aromatic carbocycles. The van der Waals surface area contributed by atoms with Crippen molar-refractivity contribution in [3.05, 3.63) is 35.6 Å². The predicted molar refractivity (Wildman–Crippen MR) is 52.9 cm³/mol. The molecule has 0 aliphatic carbocycles. The highest BCUT2D eigenvalue weighted by Crippen LogP contribution is 2.32. The number of rotatable bonds is 0. The second-order valence-electron chi connectivity index (χ2n) is 3.43. The van der Waals surface area contributed by atoms with Crippen molar-refractivity contribution in [2.24, 2.45) is 10.7 Å². The van der Waals surface area contributed by atoms with Gasteiger partial charge in [-0.3, -0.25) is 0 Å². The fraction of sp³-hybridized carbons (Fsp3) is 0.200. The maximum atomic E-state index is 12.7. The third-order valence-corrected chi connectivity index (χ3v) is 2.15. The van der Waals surface area contributed by atoms with Crippen LogP contribution < -0.4 is 5.73 Å². The average molecular weight is 244 g/mol. The summed E-state index contributed by atoms with van der Waals surface area (Å²) in [5, 5.41) is 0. The first-order valence-corrected chi connectivity index (χ1v) is 4.60. The topological polar surface area (TPSA) is 64.7 Å². The highest BCUT2D eigenvalue weighted by Gasteiger charge is 2.40. The van der Waals surface area contributed by atoms with Crippen molar-refractivity contribution >= 4 is 11.9 Å². The Morgan fingerprint density at radius 3 is 2.71 bits per heavy atom. The first-order chi connectivity index (χ1) is 7.86. The van der Waals surface area contributed by atoms with Crippen LogP contribution in [0.2, 0.25) is 0 Å². The maximum Gasteiger partial charge on any atom is 0.415 e. The van der Waals surface area contributed by atoms with Crippen molar-refractivity contribution in [3.8, 4) is 0 Å². The molecule has 2 rings (SSSR count). The van der Waals surface area contributed by atoms with Gasteiger partial charge in [0, 0.05) is 17.8 Å². The molecule has 0 spiro atoms. The molecule has 2 aliphatic rings. The number of esters is 1. The molecule has 2 aliphatic heterocycles. The minimum atomic E-state index is -4.65. The standard InChI is InChI=1S/C10H7F3N2O2/c11-10(12,13)6-4-9(16)17-8-3-5(14)1-2-7(6)15-8/h1-4,7H,14H2. The molecule has 0 saturated carbocycles. The van der Waals surface area contributed by atoms with Gasteiger partial charge in [0.1, 0.15) is 6.04 Å². The van der Waals surface area contributed by atoms with Crippen LogP contribution in [-0.2, 0) is 9.53 Å². The third kappa shape index (κ3) is 2.38. The summed E-state index contributed by atoms with van der Waals surface area (Å²) in [4.78, 5) is 14.8. The van der Waals surface area contributed by atoms with E-state index in [2.05, 4.69) is 9.73 Å². The Balaban J connectivity index is 2.50. The zero-order chi connectivity index (χ0) is 12.6. The first kappa shape index (κ1) is 11.4. The highest BCUT2D eigenvalue weighted by molar-refractivity contribution is 6.01. The molecule has 2 N–H and O–H groups in total. The van der Waals surface area contributed by atoms with Crippen LogP contribution in [0.4, 0.5) is 13.2 Å². The molecular weight excluding hydrogens is 237 g/mol. The second kappa shape index (κ2) is 3.76. The Morgan fingerprint density at radius 1 is 1.35 bits per heavy atom. The van der Waals surface area contributed by atoms with Crippen LogP contribution in [0.15, 0.2) is 40.6 Å². The van der Waals surface area contributed by atoms with Gasteiger partial charge in [-0.2, -0.15) is 13.2 Å². The molecule has 7 heteroatoms. The van der Waals surface area contributed by atoms with Gasteiger partial charge in [0.2, 0.25) is 5.90 Å². The zero-order valence-electron chi connectivity index (χ0n) is 8.36. The zero-order valence-corrected chi connectivity index (χ0v) is 8.36. The number of allylic oxidation sites excluding steroid dienone is 1. The van der Waals surface area contributed by atoms with Gasteiger partial charge in [-0.15, -0.1) is 0 Å². The van der Waals surface area contributed by atoms with Gasteiger partial charge < -0.3 is 10.5 Å². The molecule has 2 bridgehead atoms. The van der Waals surface area contributed by atoms with Crippen LogP contribution in [0, 0.1) is 0 Å². The summed E-state index contributed by atoms with van der Waals surface area (Å²) in [7, 11) is 0. The summed E-state index contributed by atoms with van der Waals surface area (Å²) >= 11 is 0. The minimum Gasteiger partial charge on any atom is -0.405 e. The van der Waals surface area contributed by atoms with E-state index < -0.39 is 23.8 Å².